The highest BCUT2D eigenvalue weighted by Crippen LogP contribution is 2.28. The van der Waals surface area contributed by atoms with E-state index in [1.807, 2.05) is 6.07 Å². The first-order valence-corrected chi connectivity index (χ1v) is 5.36. The zero-order chi connectivity index (χ0) is 10.7. The molecule has 0 saturated carbocycles. The van der Waals surface area contributed by atoms with E-state index in [2.05, 4.69) is 17.4 Å². The van der Waals surface area contributed by atoms with E-state index in [1.54, 1.807) is 7.11 Å². The molecule has 0 aliphatic carbocycles. The number of hydrogen-bond acceptors (Lipinski definition) is 3. The first kappa shape index (κ1) is 10.5. The maximum atomic E-state index is 9.00. The number of methoxy groups -OCH3 is 1. The van der Waals surface area contributed by atoms with Crippen molar-refractivity contribution in [2.45, 2.75) is 18.9 Å². The van der Waals surface area contributed by atoms with Gasteiger partial charge in [-0.1, -0.05) is 6.07 Å². The predicted molar refractivity (Wildman–Crippen MR) is 59.1 cm³/mol. The molecule has 1 aliphatic rings. The lowest BCUT2D eigenvalue weighted by Crippen LogP contribution is -2.30. The van der Waals surface area contributed by atoms with Crippen molar-refractivity contribution in [3.05, 3.63) is 29.3 Å². The molecule has 0 saturated heterocycles. The number of aliphatic hydroxyl groups excluding tert-OH is 1. The molecule has 0 spiro atoms. The standard InChI is InChI=1S/C12H17NO2/c1-15-10-3-2-9-4-6-13-12(5-7-14)11(9)8-10/h2-3,8,12-14H,4-7H2,1H3. The van der Waals surface area contributed by atoms with E-state index >= 15 is 0 Å². The Labute approximate surface area is 90.1 Å². The van der Waals surface area contributed by atoms with Gasteiger partial charge in [0.2, 0.25) is 0 Å². The van der Waals surface area contributed by atoms with Crippen molar-refractivity contribution in [1.29, 1.82) is 0 Å². The average Bonchev–Trinajstić information content (AvgIpc) is 2.29. The summed E-state index contributed by atoms with van der Waals surface area (Å²) in [5.74, 6) is 0.889. The second kappa shape index (κ2) is 4.64. The van der Waals surface area contributed by atoms with Gasteiger partial charge < -0.3 is 15.2 Å². The van der Waals surface area contributed by atoms with Crippen molar-refractivity contribution in [1.82, 2.24) is 5.32 Å². The Balaban J connectivity index is 2.30. The van der Waals surface area contributed by atoms with Crippen LogP contribution in [-0.4, -0.2) is 25.4 Å². The van der Waals surface area contributed by atoms with Crippen LogP contribution < -0.4 is 10.1 Å². The van der Waals surface area contributed by atoms with Gasteiger partial charge in [0.25, 0.3) is 0 Å². The van der Waals surface area contributed by atoms with Crippen molar-refractivity contribution in [2.24, 2.45) is 0 Å². The van der Waals surface area contributed by atoms with E-state index in [4.69, 9.17) is 9.84 Å². The SMILES string of the molecule is COc1ccc2c(c1)C(CCO)NCC2. The summed E-state index contributed by atoms with van der Waals surface area (Å²) in [6.07, 6.45) is 1.82. The number of rotatable bonds is 3. The van der Waals surface area contributed by atoms with E-state index in [0.29, 0.717) is 0 Å². The van der Waals surface area contributed by atoms with Crippen molar-refractivity contribution in [3.63, 3.8) is 0 Å². The molecule has 0 bridgehead atoms. The molecule has 0 radical (unpaired) electrons. The van der Waals surface area contributed by atoms with E-state index in [9.17, 15) is 0 Å². The van der Waals surface area contributed by atoms with Crippen LogP contribution >= 0.6 is 0 Å². The number of aliphatic hydroxyl groups is 1. The van der Waals surface area contributed by atoms with E-state index in [0.717, 1.165) is 25.1 Å². The van der Waals surface area contributed by atoms with E-state index < -0.39 is 0 Å². The summed E-state index contributed by atoms with van der Waals surface area (Å²) in [7, 11) is 1.68. The molecule has 2 rings (SSSR count). The number of ether oxygens (including phenoxy) is 1. The molecule has 1 unspecified atom stereocenters. The Bertz CT molecular complexity index is 338. The normalized spacial score (nSPS) is 19.7. The number of nitrogens with one attached hydrogen (secondary N) is 1. The van der Waals surface area contributed by atoms with Crippen LogP contribution in [-0.2, 0) is 6.42 Å². The quantitative estimate of drug-likeness (QED) is 0.784. The molecule has 1 heterocycles. The molecule has 1 atom stereocenters. The summed E-state index contributed by atoms with van der Waals surface area (Å²) in [4.78, 5) is 0. The van der Waals surface area contributed by atoms with Crippen molar-refractivity contribution >= 4 is 0 Å². The molecule has 1 aromatic rings. The molecular formula is C12H17NO2. The molecule has 2 N–H and O–H groups in total. The summed E-state index contributed by atoms with van der Waals surface area (Å²) in [6.45, 7) is 1.21. The molecule has 1 aromatic carbocycles. The fraction of sp³-hybridized carbons (Fsp3) is 0.500. The highest BCUT2D eigenvalue weighted by Gasteiger charge is 2.19. The maximum Gasteiger partial charge on any atom is 0.119 e. The summed E-state index contributed by atoms with van der Waals surface area (Å²) in [5, 5.41) is 12.4. The van der Waals surface area contributed by atoms with Crippen molar-refractivity contribution in [2.75, 3.05) is 20.3 Å². The fourth-order valence-corrected chi connectivity index (χ4v) is 2.13. The molecule has 82 valence electrons. The third-order valence-corrected chi connectivity index (χ3v) is 2.93. The largest absolute Gasteiger partial charge is 0.497 e. The molecule has 1 aliphatic heterocycles. The van der Waals surface area contributed by atoms with Crippen LogP contribution in [0.1, 0.15) is 23.6 Å². The Kier molecular flexibility index (Phi) is 3.23. The fourth-order valence-electron chi connectivity index (χ4n) is 2.13. The molecule has 3 nitrogen and oxygen atoms in total. The minimum atomic E-state index is 0.217. The smallest absolute Gasteiger partial charge is 0.119 e. The Morgan fingerprint density at radius 3 is 3.13 bits per heavy atom. The van der Waals surface area contributed by atoms with Crippen LogP contribution in [0.5, 0.6) is 5.75 Å². The molecule has 0 fully saturated rings. The van der Waals surface area contributed by atoms with Gasteiger partial charge in [-0.15, -0.1) is 0 Å². The molecule has 15 heavy (non-hydrogen) atoms. The number of fused-ring (bicyclic) bond motifs is 1. The summed E-state index contributed by atoms with van der Waals surface area (Å²) in [6, 6.07) is 6.47. The van der Waals surface area contributed by atoms with Crippen LogP contribution in [0.4, 0.5) is 0 Å². The van der Waals surface area contributed by atoms with Gasteiger partial charge in [0.1, 0.15) is 5.75 Å². The second-order valence-corrected chi connectivity index (χ2v) is 3.83. The number of benzene rings is 1. The van der Waals surface area contributed by atoms with Gasteiger partial charge in [-0.05, 0) is 42.6 Å². The van der Waals surface area contributed by atoms with E-state index in [1.165, 1.54) is 11.1 Å². The van der Waals surface area contributed by atoms with Gasteiger partial charge in [-0.2, -0.15) is 0 Å². The molecule has 0 aromatic heterocycles. The lowest BCUT2D eigenvalue weighted by Gasteiger charge is -2.26. The Morgan fingerprint density at radius 2 is 2.40 bits per heavy atom. The van der Waals surface area contributed by atoms with Crippen LogP contribution in [0.25, 0.3) is 0 Å². The Hall–Kier alpha value is -1.06. The lowest BCUT2D eigenvalue weighted by molar-refractivity contribution is 0.263. The molecular weight excluding hydrogens is 190 g/mol. The molecule has 3 heteroatoms. The molecule has 0 amide bonds. The summed E-state index contributed by atoms with van der Waals surface area (Å²) in [5.41, 5.74) is 2.64. The zero-order valence-corrected chi connectivity index (χ0v) is 8.99. The first-order chi connectivity index (χ1) is 7.35. The van der Waals surface area contributed by atoms with Crippen molar-refractivity contribution in [3.8, 4) is 5.75 Å². The number of hydrogen-bond donors (Lipinski definition) is 2. The van der Waals surface area contributed by atoms with Crippen LogP contribution in [0.15, 0.2) is 18.2 Å². The second-order valence-electron chi connectivity index (χ2n) is 3.83. The van der Waals surface area contributed by atoms with Gasteiger partial charge >= 0.3 is 0 Å². The minimum Gasteiger partial charge on any atom is -0.497 e. The monoisotopic (exact) mass is 207 g/mol. The maximum absolute atomic E-state index is 9.00. The topological polar surface area (TPSA) is 41.5 Å². The highest BCUT2D eigenvalue weighted by molar-refractivity contribution is 5.39. The van der Waals surface area contributed by atoms with Gasteiger partial charge in [0.15, 0.2) is 0 Å². The predicted octanol–water partition coefficient (Wildman–Crippen LogP) is 1.26. The van der Waals surface area contributed by atoms with Gasteiger partial charge in [-0.25, -0.2) is 0 Å². The van der Waals surface area contributed by atoms with Crippen molar-refractivity contribution < 1.29 is 9.84 Å². The van der Waals surface area contributed by atoms with Crippen LogP contribution in [0.2, 0.25) is 0 Å². The van der Waals surface area contributed by atoms with Crippen LogP contribution in [0, 0.1) is 0 Å². The highest BCUT2D eigenvalue weighted by atomic mass is 16.5. The van der Waals surface area contributed by atoms with Gasteiger partial charge in [0, 0.05) is 12.6 Å². The van der Waals surface area contributed by atoms with Crippen LogP contribution in [0.3, 0.4) is 0 Å². The summed E-state index contributed by atoms with van der Waals surface area (Å²) >= 11 is 0. The third-order valence-electron chi connectivity index (χ3n) is 2.93. The third kappa shape index (κ3) is 2.13. The summed E-state index contributed by atoms with van der Waals surface area (Å²) < 4.78 is 5.22. The van der Waals surface area contributed by atoms with Gasteiger partial charge in [0.05, 0.1) is 7.11 Å². The van der Waals surface area contributed by atoms with Gasteiger partial charge in [-0.3, -0.25) is 0 Å². The Morgan fingerprint density at radius 1 is 1.53 bits per heavy atom. The van der Waals surface area contributed by atoms with E-state index in [-0.39, 0.29) is 12.6 Å². The first-order valence-electron chi connectivity index (χ1n) is 5.36. The minimum absolute atomic E-state index is 0.217. The zero-order valence-electron chi connectivity index (χ0n) is 8.99. The average molecular weight is 207 g/mol. The lowest BCUT2D eigenvalue weighted by atomic mass is 9.92.